The molecule has 3 rings (SSSR count). The quantitative estimate of drug-likeness (QED) is 0.898. The lowest BCUT2D eigenvalue weighted by Crippen LogP contribution is -2.54. The lowest BCUT2D eigenvalue weighted by Gasteiger charge is -2.43. The fourth-order valence-corrected chi connectivity index (χ4v) is 2.49. The fraction of sp³-hybridized carbons (Fsp3) is 0.600. The first-order valence-electron chi connectivity index (χ1n) is 6.91. The number of nitrogens with one attached hydrogen (secondary N) is 1. The van der Waals surface area contributed by atoms with Crippen LogP contribution in [-0.4, -0.2) is 39.0 Å². The largest absolute Gasteiger partial charge is 0.486 e. The van der Waals surface area contributed by atoms with Crippen molar-refractivity contribution in [3.8, 4) is 11.5 Å². The van der Waals surface area contributed by atoms with E-state index in [9.17, 15) is 0 Å². The predicted octanol–water partition coefficient (Wildman–Crippen LogP) is 1.72. The van der Waals surface area contributed by atoms with Crippen LogP contribution in [0.25, 0.3) is 0 Å². The number of benzene rings is 1. The molecule has 19 heavy (non-hydrogen) atoms. The highest BCUT2D eigenvalue weighted by Gasteiger charge is 2.40. The smallest absolute Gasteiger partial charge is 0.161 e. The van der Waals surface area contributed by atoms with E-state index < -0.39 is 0 Å². The molecule has 0 amide bonds. The minimum absolute atomic E-state index is 0.0834. The van der Waals surface area contributed by atoms with Crippen LogP contribution in [0.4, 0.5) is 0 Å². The Bertz CT molecular complexity index is 455. The maximum Gasteiger partial charge on any atom is 0.161 e. The van der Waals surface area contributed by atoms with Gasteiger partial charge in [-0.1, -0.05) is 19.9 Å². The van der Waals surface area contributed by atoms with Gasteiger partial charge >= 0.3 is 0 Å². The van der Waals surface area contributed by atoms with E-state index in [1.165, 1.54) is 5.56 Å². The molecular formula is C15H21NO3. The Balaban J connectivity index is 1.83. The van der Waals surface area contributed by atoms with E-state index in [0.29, 0.717) is 19.3 Å². The Labute approximate surface area is 114 Å². The normalized spacial score (nSPS) is 20.2. The molecule has 2 heterocycles. The Kier molecular flexibility index (Phi) is 3.37. The van der Waals surface area contributed by atoms with Crippen molar-refractivity contribution in [1.82, 2.24) is 5.32 Å². The molecule has 0 atom stereocenters. The zero-order valence-corrected chi connectivity index (χ0v) is 11.6. The van der Waals surface area contributed by atoms with Gasteiger partial charge in [0.15, 0.2) is 11.5 Å². The van der Waals surface area contributed by atoms with Gasteiger partial charge in [0.05, 0.1) is 18.6 Å². The standard InChI is InChI=1S/C15H21NO3/c1-11(2)16-8-15(9-17-10-15)12-3-4-13-14(7-12)19-6-5-18-13/h3-4,7,11,16H,5-6,8-10H2,1-2H3. The van der Waals surface area contributed by atoms with E-state index in [4.69, 9.17) is 14.2 Å². The molecule has 0 bridgehead atoms. The van der Waals surface area contributed by atoms with Gasteiger partial charge in [-0.2, -0.15) is 0 Å². The predicted molar refractivity (Wildman–Crippen MR) is 73.1 cm³/mol. The van der Waals surface area contributed by atoms with Gasteiger partial charge in [-0.3, -0.25) is 0 Å². The second-order valence-corrected chi connectivity index (χ2v) is 5.67. The number of fused-ring (bicyclic) bond motifs is 1. The molecule has 0 aliphatic carbocycles. The zero-order valence-electron chi connectivity index (χ0n) is 11.6. The molecule has 1 aromatic rings. The van der Waals surface area contributed by atoms with Crippen molar-refractivity contribution in [2.75, 3.05) is 33.0 Å². The Morgan fingerprint density at radius 3 is 2.53 bits per heavy atom. The summed E-state index contributed by atoms with van der Waals surface area (Å²) >= 11 is 0. The van der Waals surface area contributed by atoms with E-state index in [1.54, 1.807) is 0 Å². The van der Waals surface area contributed by atoms with Crippen LogP contribution in [0.5, 0.6) is 11.5 Å². The van der Waals surface area contributed by atoms with Gasteiger partial charge in [-0.25, -0.2) is 0 Å². The zero-order chi connectivity index (χ0) is 13.3. The first-order valence-corrected chi connectivity index (χ1v) is 6.91. The van der Waals surface area contributed by atoms with Crippen molar-refractivity contribution >= 4 is 0 Å². The van der Waals surface area contributed by atoms with Crippen molar-refractivity contribution in [2.24, 2.45) is 0 Å². The summed E-state index contributed by atoms with van der Waals surface area (Å²) in [4.78, 5) is 0. The van der Waals surface area contributed by atoms with Gasteiger partial charge in [0.25, 0.3) is 0 Å². The molecule has 1 N–H and O–H groups in total. The first-order chi connectivity index (χ1) is 9.20. The topological polar surface area (TPSA) is 39.7 Å². The first kappa shape index (κ1) is 12.8. The van der Waals surface area contributed by atoms with Crippen molar-refractivity contribution in [3.05, 3.63) is 23.8 Å². The third-order valence-electron chi connectivity index (χ3n) is 3.76. The van der Waals surface area contributed by atoms with Crippen LogP contribution in [-0.2, 0) is 10.2 Å². The summed E-state index contributed by atoms with van der Waals surface area (Å²) in [5.74, 6) is 1.71. The molecule has 104 valence electrons. The molecule has 1 aromatic carbocycles. The minimum Gasteiger partial charge on any atom is -0.486 e. The van der Waals surface area contributed by atoms with E-state index in [1.807, 2.05) is 6.07 Å². The van der Waals surface area contributed by atoms with Crippen LogP contribution in [0.1, 0.15) is 19.4 Å². The molecular weight excluding hydrogens is 242 g/mol. The van der Waals surface area contributed by atoms with Crippen LogP contribution < -0.4 is 14.8 Å². The maximum atomic E-state index is 5.67. The summed E-state index contributed by atoms with van der Waals surface area (Å²) in [6.45, 7) is 8.07. The van der Waals surface area contributed by atoms with Gasteiger partial charge in [0.2, 0.25) is 0 Å². The van der Waals surface area contributed by atoms with Crippen molar-refractivity contribution in [3.63, 3.8) is 0 Å². The van der Waals surface area contributed by atoms with Crippen molar-refractivity contribution in [2.45, 2.75) is 25.3 Å². The minimum atomic E-state index is 0.0834. The molecule has 0 spiro atoms. The monoisotopic (exact) mass is 263 g/mol. The Morgan fingerprint density at radius 1 is 1.16 bits per heavy atom. The molecule has 0 unspecified atom stereocenters. The second kappa shape index (κ2) is 5.02. The molecule has 0 aromatic heterocycles. The second-order valence-electron chi connectivity index (χ2n) is 5.67. The third-order valence-corrected chi connectivity index (χ3v) is 3.76. The molecule has 2 aliphatic heterocycles. The van der Waals surface area contributed by atoms with E-state index >= 15 is 0 Å². The summed E-state index contributed by atoms with van der Waals surface area (Å²) < 4.78 is 16.7. The van der Waals surface area contributed by atoms with Gasteiger partial charge in [0.1, 0.15) is 13.2 Å². The molecule has 1 saturated heterocycles. The van der Waals surface area contributed by atoms with Gasteiger partial charge < -0.3 is 19.5 Å². The van der Waals surface area contributed by atoms with Crippen molar-refractivity contribution in [1.29, 1.82) is 0 Å². The molecule has 2 aliphatic rings. The summed E-state index contributed by atoms with van der Waals surface area (Å²) in [7, 11) is 0. The summed E-state index contributed by atoms with van der Waals surface area (Å²) in [6, 6.07) is 6.74. The van der Waals surface area contributed by atoms with Crippen LogP contribution in [0, 0.1) is 0 Å². The third kappa shape index (κ3) is 2.42. The van der Waals surface area contributed by atoms with Crippen molar-refractivity contribution < 1.29 is 14.2 Å². The summed E-state index contributed by atoms with van der Waals surface area (Å²) in [5.41, 5.74) is 1.36. The maximum absolute atomic E-state index is 5.67. The Hall–Kier alpha value is -1.26. The van der Waals surface area contributed by atoms with Crippen LogP contribution in [0.15, 0.2) is 18.2 Å². The highest BCUT2D eigenvalue weighted by molar-refractivity contribution is 5.46. The van der Waals surface area contributed by atoms with Gasteiger partial charge in [-0.05, 0) is 17.7 Å². The molecule has 0 saturated carbocycles. The van der Waals surface area contributed by atoms with E-state index in [-0.39, 0.29) is 5.41 Å². The molecule has 1 fully saturated rings. The van der Waals surface area contributed by atoms with Crippen LogP contribution in [0.2, 0.25) is 0 Å². The summed E-state index contributed by atoms with van der Waals surface area (Å²) in [6.07, 6.45) is 0. The van der Waals surface area contributed by atoms with Crippen LogP contribution in [0.3, 0.4) is 0 Å². The number of hydrogen-bond acceptors (Lipinski definition) is 4. The van der Waals surface area contributed by atoms with Gasteiger partial charge in [-0.15, -0.1) is 0 Å². The highest BCUT2D eigenvalue weighted by Crippen LogP contribution is 2.38. The van der Waals surface area contributed by atoms with Crippen LogP contribution >= 0.6 is 0 Å². The van der Waals surface area contributed by atoms with E-state index in [0.717, 1.165) is 31.3 Å². The van der Waals surface area contributed by atoms with E-state index in [2.05, 4.69) is 31.3 Å². The molecule has 4 nitrogen and oxygen atoms in total. The molecule has 0 radical (unpaired) electrons. The summed E-state index contributed by atoms with van der Waals surface area (Å²) in [5, 5.41) is 3.51. The number of ether oxygens (including phenoxy) is 3. The number of hydrogen-bond donors (Lipinski definition) is 1. The Morgan fingerprint density at radius 2 is 1.89 bits per heavy atom. The average Bonchev–Trinajstić information content (AvgIpc) is 2.37. The highest BCUT2D eigenvalue weighted by atomic mass is 16.6. The fourth-order valence-electron chi connectivity index (χ4n) is 2.49. The lowest BCUT2D eigenvalue weighted by molar-refractivity contribution is -0.0598. The average molecular weight is 263 g/mol. The lowest BCUT2D eigenvalue weighted by atomic mass is 9.78. The SMILES string of the molecule is CC(C)NCC1(c2ccc3c(c2)OCCO3)COC1. The van der Waals surface area contributed by atoms with Gasteiger partial charge in [0, 0.05) is 12.6 Å². The number of rotatable bonds is 4. The molecule has 4 heteroatoms.